The number of thiazole rings is 1. The fourth-order valence-corrected chi connectivity index (χ4v) is 4.14. The predicted octanol–water partition coefficient (Wildman–Crippen LogP) is 3.50. The van der Waals surface area contributed by atoms with Crippen LogP contribution in [-0.2, 0) is 11.3 Å². The standard InChI is InChI=1S/C19H21FN6O2S2/c1-4-26-15(11(2)22-17(28)13-7-5-6-8-14(13)20)24-25-19(26)30-12(3)16(27)23-18-21-9-10-29-18/h5-12H,4H2,1-3H3,(H,22,28)(H,21,23,27)/t11-,12-/m0/s1. The fraction of sp³-hybridized carbons (Fsp3) is 0.316. The summed E-state index contributed by atoms with van der Waals surface area (Å²) in [6.45, 7) is 5.99. The molecule has 0 unspecified atom stereocenters. The molecule has 0 saturated heterocycles. The van der Waals surface area contributed by atoms with Crippen LogP contribution in [0, 0.1) is 5.82 Å². The molecular formula is C19H21FN6O2S2. The van der Waals surface area contributed by atoms with E-state index < -0.39 is 23.0 Å². The van der Waals surface area contributed by atoms with Crippen LogP contribution in [0.1, 0.15) is 43.0 Å². The number of anilines is 1. The molecule has 0 saturated carbocycles. The average Bonchev–Trinajstić information content (AvgIpc) is 3.37. The molecule has 1 aromatic carbocycles. The SMILES string of the molecule is CCn1c(S[C@@H](C)C(=O)Nc2nccs2)nnc1[C@H](C)NC(=O)c1ccccc1F. The van der Waals surface area contributed by atoms with E-state index in [1.165, 1.54) is 41.3 Å². The van der Waals surface area contributed by atoms with Gasteiger partial charge in [0.25, 0.3) is 5.91 Å². The molecule has 0 spiro atoms. The zero-order valence-corrected chi connectivity index (χ0v) is 18.3. The molecule has 0 fully saturated rings. The number of thioether (sulfide) groups is 1. The molecule has 0 aliphatic rings. The van der Waals surface area contributed by atoms with E-state index in [0.29, 0.717) is 22.7 Å². The van der Waals surface area contributed by atoms with Crippen LogP contribution in [0.2, 0.25) is 0 Å². The first-order valence-electron chi connectivity index (χ1n) is 9.26. The molecule has 2 aromatic heterocycles. The third-order valence-corrected chi connectivity index (χ3v) is 6.00. The minimum atomic E-state index is -0.588. The van der Waals surface area contributed by atoms with Crippen molar-refractivity contribution in [2.75, 3.05) is 5.32 Å². The Kier molecular flexibility index (Phi) is 7.16. The van der Waals surface area contributed by atoms with E-state index in [0.717, 1.165) is 0 Å². The number of carbonyl (C=O) groups is 2. The number of hydrogen-bond donors (Lipinski definition) is 2. The van der Waals surface area contributed by atoms with Crippen molar-refractivity contribution >= 4 is 40.0 Å². The normalized spacial score (nSPS) is 12.9. The van der Waals surface area contributed by atoms with Crippen LogP contribution >= 0.6 is 23.1 Å². The van der Waals surface area contributed by atoms with Gasteiger partial charge >= 0.3 is 0 Å². The van der Waals surface area contributed by atoms with Crippen LogP contribution in [0.3, 0.4) is 0 Å². The molecule has 0 radical (unpaired) electrons. The highest BCUT2D eigenvalue weighted by atomic mass is 32.2. The number of halogens is 1. The maximum absolute atomic E-state index is 13.9. The van der Waals surface area contributed by atoms with Gasteiger partial charge in [0.2, 0.25) is 5.91 Å². The monoisotopic (exact) mass is 448 g/mol. The molecule has 3 aromatic rings. The van der Waals surface area contributed by atoms with Crippen LogP contribution in [-0.4, -0.2) is 36.8 Å². The summed E-state index contributed by atoms with van der Waals surface area (Å²) in [5.74, 6) is -0.785. The zero-order chi connectivity index (χ0) is 21.7. The lowest BCUT2D eigenvalue weighted by atomic mass is 10.2. The van der Waals surface area contributed by atoms with Crippen molar-refractivity contribution in [3.8, 4) is 0 Å². The Morgan fingerprint density at radius 1 is 1.27 bits per heavy atom. The summed E-state index contributed by atoms with van der Waals surface area (Å²) < 4.78 is 15.7. The Morgan fingerprint density at radius 2 is 2.03 bits per heavy atom. The topological polar surface area (TPSA) is 102 Å². The molecule has 8 nitrogen and oxygen atoms in total. The molecule has 0 bridgehead atoms. The first-order valence-corrected chi connectivity index (χ1v) is 11.0. The van der Waals surface area contributed by atoms with Gasteiger partial charge < -0.3 is 15.2 Å². The highest BCUT2D eigenvalue weighted by Crippen LogP contribution is 2.26. The Balaban J connectivity index is 1.69. The van der Waals surface area contributed by atoms with Gasteiger partial charge in [0, 0.05) is 18.1 Å². The van der Waals surface area contributed by atoms with Gasteiger partial charge in [-0.05, 0) is 32.9 Å². The lowest BCUT2D eigenvalue weighted by Crippen LogP contribution is -2.29. The van der Waals surface area contributed by atoms with Gasteiger partial charge in [-0.3, -0.25) is 9.59 Å². The van der Waals surface area contributed by atoms with Gasteiger partial charge in [-0.25, -0.2) is 9.37 Å². The summed E-state index contributed by atoms with van der Waals surface area (Å²) in [6, 6.07) is 5.29. The van der Waals surface area contributed by atoms with Gasteiger partial charge in [-0.15, -0.1) is 21.5 Å². The molecule has 3 rings (SSSR count). The minimum Gasteiger partial charge on any atom is -0.342 e. The number of carbonyl (C=O) groups excluding carboxylic acids is 2. The van der Waals surface area contributed by atoms with E-state index in [-0.39, 0.29) is 11.5 Å². The number of rotatable bonds is 8. The van der Waals surface area contributed by atoms with Crippen LogP contribution in [0.4, 0.5) is 9.52 Å². The second kappa shape index (κ2) is 9.81. The third-order valence-electron chi connectivity index (χ3n) is 4.23. The lowest BCUT2D eigenvalue weighted by molar-refractivity contribution is -0.115. The number of nitrogens with one attached hydrogen (secondary N) is 2. The molecule has 2 amide bonds. The van der Waals surface area contributed by atoms with Crippen molar-refractivity contribution in [1.82, 2.24) is 25.1 Å². The van der Waals surface area contributed by atoms with Crippen molar-refractivity contribution in [3.63, 3.8) is 0 Å². The third kappa shape index (κ3) is 5.03. The largest absolute Gasteiger partial charge is 0.342 e. The summed E-state index contributed by atoms with van der Waals surface area (Å²) in [5.41, 5.74) is -0.0333. The summed E-state index contributed by atoms with van der Waals surface area (Å²) in [5, 5.41) is 16.3. The molecule has 158 valence electrons. The van der Waals surface area contributed by atoms with Gasteiger partial charge in [0.05, 0.1) is 16.9 Å². The van der Waals surface area contributed by atoms with E-state index in [1.54, 1.807) is 31.5 Å². The zero-order valence-electron chi connectivity index (χ0n) is 16.6. The van der Waals surface area contributed by atoms with Crippen molar-refractivity contribution in [3.05, 3.63) is 53.0 Å². The van der Waals surface area contributed by atoms with Gasteiger partial charge in [-0.1, -0.05) is 23.9 Å². The highest BCUT2D eigenvalue weighted by molar-refractivity contribution is 8.00. The quantitative estimate of drug-likeness (QED) is 0.512. The van der Waals surface area contributed by atoms with E-state index in [2.05, 4.69) is 25.8 Å². The number of nitrogens with zero attached hydrogens (tertiary/aromatic N) is 4. The van der Waals surface area contributed by atoms with Crippen LogP contribution in [0.5, 0.6) is 0 Å². The van der Waals surface area contributed by atoms with Crippen LogP contribution in [0.15, 0.2) is 41.0 Å². The van der Waals surface area contributed by atoms with E-state index in [1.807, 2.05) is 11.5 Å². The van der Waals surface area contributed by atoms with Crippen molar-refractivity contribution in [2.24, 2.45) is 0 Å². The smallest absolute Gasteiger partial charge is 0.254 e. The second-order valence-corrected chi connectivity index (χ2v) is 8.55. The number of benzene rings is 1. The average molecular weight is 449 g/mol. The van der Waals surface area contributed by atoms with E-state index >= 15 is 0 Å². The maximum Gasteiger partial charge on any atom is 0.254 e. The van der Waals surface area contributed by atoms with E-state index in [9.17, 15) is 14.0 Å². The Morgan fingerprint density at radius 3 is 2.70 bits per heavy atom. The van der Waals surface area contributed by atoms with Crippen LogP contribution in [0.25, 0.3) is 0 Å². The molecule has 0 aliphatic heterocycles. The second-order valence-electron chi connectivity index (χ2n) is 6.35. The Labute approximate surface area is 181 Å². The van der Waals surface area contributed by atoms with Crippen molar-refractivity contribution in [1.29, 1.82) is 0 Å². The Hall–Kier alpha value is -2.79. The number of hydrogen-bond acceptors (Lipinski definition) is 7. The predicted molar refractivity (Wildman–Crippen MR) is 114 cm³/mol. The van der Waals surface area contributed by atoms with Crippen molar-refractivity contribution in [2.45, 2.75) is 43.8 Å². The molecule has 2 heterocycles. The summed E-state index contributed by atoms with van der Waals surface area (Å²) in [4.78, 5) is 28.8. The molecule has 30 heavy (non-hydrogen) atoms. The fourth-order valence-electron chi connectivity index (χ4n) is 2.69. The van der Waals surface area contributed by atoms with Crippen LogP contribution < -0.4 is 10.6 Å². The van der Waals surface area contributed by atoms with Gasteiger partial charge in [0.1, 0.15) is 5.82 Å². The first-order chi connectivity index (χ1) is 14.4. The number of amides is 2. The van der Waals surface area contributed by atoms with Gasteiger partial charge in [-0.2, -0.15) is 0 Å². The Bertz CT molecular complexity index is 1020. The molecule has 2 atom stereocenters. The molecule has 2 N–H and O–H groups in total. The highest BCUT2D eigenvalue weighted by Gasteiger charge is 2.24. The van der Waals surface area contributed by atoms with Gasteiger partial charge in [0.15, 0.2) is 16.1 Å². The molecule has 11 heteroatoms. The molecule has 0 aliphatic carbocycles. The first kappa shape index (κ1) is 21.9. The summed E-state index contributed by atoms with van der Waals surface area (Å²) in [6.07, 6.45) is 1.62. The maximum atomic E-state index is 13.9. The lowest BCUT2D eigenvalue weighted by Gasteiger charge is -2.16. The van der Waals surface area contributed by atoms with E-state index in [4.69, 9.17) is 0 Å². The van der Waals surface area contributed by atoms with Crippen molar-refractivity contribution < 1.29 is 14.0 Å². The number of aromatic nitrogens is 4. The summed E-state index contributed by atoms with van der Waals surface area (Å²) in [7, 11) is 0. The molecular weight excluding hydrogens is 427 g/mol. The minimum absolute atomic E-state index is 0.0333. The summed E-state index contributed by atoms with van der Waals surface area (Å²) >= 11 is 2.61.